The predicted molar refractivity (Wildman–Crippen MR) is 108 cm³/mol. The third-order valence-electron chi connectivity index (χ3n) is 5.82. The van der Waals surface area contributed by atoms with Gasteiger partial charge >= 0.3 is 0 Å². The van der Waals surface area contributed by atoms with Crippen LogP contribution in [0, 0.1) is 0 Å². The number of piperidine rings is 1. The molecule has 142 valence electrons. The Hall–Kier alpha value is -2.40. The number of carbonyl (C=O) groups excluding carboxylic acids is 1. The van der Waals surface area contributed by atoms with Gasteiger partial charge in [-0.1, -0.05) is 30.3 Å². The van der Waals surface area contributed by atoms with E-state index < -0.39 is 0 Å². The van der Waals surface area contributed by atoms with E-state index in [0.717, 1.165) is 56.6 Å². The van der Waals surface area contributed by atoms with Gasteiger partial charge in [0.1, 0.15) is 5.82 Å². The molecule has 0 radical (unpaired) electrons. The summed E-state index contributed by atoms with van der Waals surface area (Å²) < 4.78 is 0. The van der Waals surface area contributed by atoms with E-state index in [4.69, 9.17) is 5.73 Å². The van der Waals surface area contributed by atoms with Crippen molar-refractivity contribution in [2.45, 2.75) is 44.7 Å². The van der Waals surface area contributed by atoms with Crippen LogP contribution in [0.2, 0.25) is 0 Å². The van der Waals surface area contributed by atoms with E-state index in [1.807, 2.05) is 17.0 Å². The Morgan fingerprint density at radius 2 is 2.04 bits per heavy atom. The van der Waals surface area contributed by atoms with E-state index in [1.165, 1.54) is 12.0 Å². The molecule has 0 saturated carbocycles. The van der Waals surface area contributed by atoms with Crippen molar-refractivity contribution in [1.29, 1.82) is 0 Å². The highest BCUT2D eigenvalue weighted by Crippen LogP contribution is 2.27. The highest BCUT2D eigenvalue weighted by molar-refractivity contribution is 5.98. The van der Waals surface area contributed by atoms with Crippen molar-refractivity contribution in [1.82, 2.24) is 14.8 Å². The monoisotopic (exact) mass is 364 g/mol. The first-order valence-electron chi connectivity index (χ1n) is 9.93. The first kappa shape index (κ1) is 18.0. The molecule has 2 N–H and O–H groups in total. The minimum Gasteiger partial charge on any atom is -0.383 e. The summed E-state index contributed by atoms with van der Waals surface area (Å²) in [7, 11) is 2.10. The molecule has 1 aromatic heterocycles. The molecule has 1 fully saturated rings. The Morgan fingerprint density at radius 3 is 2.85 bits per heavy atom. The summed E-state index contributed by atoms with van der Waals surface area (Å²) in [4.78, 5) is 22.2. The van der Waals surface area contributed by atoms with Gasteiger partial charge < -0.3 is 15.5 Å². The number of hydrogen-bond acceptors (Lipinski definition) is 4. The van der Waals surface area contributed by atoms with Crippen molar-refractivity contribution < 1.29 is 4.79 Å². The van der Waals surface area contributed by atoms with Crippen LogP contribution >= 0.6 is 0 Å². The lowest BCUT2D eigenvalue weighted by molar-refractivity contribution is 0.0614. The van der Waals surface area contributed by atoms with E-state index in [9.17, 15) is 4.79 Å². The van der Waals surface area contributed by atoms with Crippen LogP contribution in [0.15, 0.2) is 36.4 Å². The van der Waals surface area contributed by atoms with Gasteiger partial charge in [0.2, 0.25) is 0 Å². The lowest BCUT2D eigenvalue weighted by atomic mass is 9.94. The third kappa shape index (κ3) is 3.83. The molecule has 0 bridgehead atoms. The fraction of sp³-hybridized carbons (Fsp3) is 0.455. The molecule has 2 aliphatic rings. The average Bonchev–Trinajstić information content (AvgIpc) is 2.68. The number of nitrogen functional groups attached to an aromatic ring is 1. The second kappa shape index (κ2) is 7.69. The van der Waals surface area contributed by atoms with Crippen molar-refractivity contribution in [3.05, 3.63) is 58.8 Å². The van der Waals surface area contributed by atoms with Crippen LogP contribution < -0.4 is 5.73 Å². The Labute approximate surface area is 161 Å². The van der Waals surface area contributed by atoms with Gasteiger partial charge in [-0.05, 0) is 49.9 Å². The van der Waals surface area contributed by atoms with Gasteiger partial charge in [-0.15, -0.1) is 0 Å². The number of carbonyl (C=O) groups is 1. The molecule has 0 spiro atoms. The number of likely N-dealkylation sites (tertiary alicyclic amines) is 1. The maximum absolute atomic E-state index is 13.4. The van der Waals surface area contributed by atoms with Crippen LogP contribution in [0.4, 0.5) is 5.82 Å². The Balaban J connectivity index is 1.59. The molecular weight excluding hydrogens is 336 g/mol. The zero-order valence-electron chi connectivity index (χ0n) is 16.0. The lowest BCUT2D eigenvalue weighted by Crippen LogP contribution is -2.45. The largest absolute Gasteiger partial charge is 0.383 e. The predicted octanol–water partition coefficient (Wildman–Crippen LogP) is 2.89. The van der Waals surface area contributed by atoms with Crippen LogP contribution in [0.3, 0.4) is 0 Å². The Morgan fingerprint density at radius 1 is 1.22 bits per heavy atom. The second-order valence-corrected chi connectivity index (χ2v) is 7.85. The molecule has 27 heavy (non-hydrogen) atoms. The topological polar surface area (TPSA) is 62.5 Å². The summed E-state index contributed by atoms with van der Waals surface area (Å²) in [5.41, 5.74) is 10.2. The van der Waals surface area contributed by atoms with Gasteiger partial charge in [-0.2, -0.15) is 0 Å². The van der Waals surface area contributed by atoms with Gasteiger partial charge in [-0.3, -0.25) is 4.79 Å². The summed E-state index contributed by atoms with van der Waals surface area (Å²) in [6.45, 7) is 2.61. The number of amides is 1. The van der Waals surface area contributed by atoms with Gasteiger partial charge in [0.15, 0.2) is 0 Å². The number of fused-ring (bicyclic) bond motifs is 1. The summed E-state index contributed by atoms with van der Waals surface area (Å²) in [6, 6.07) is 12.7. The van der Waals surface area contributed by atoms with Crippen molar-refractivity contribution >= 4 is 11.7 Å². The molecule has 1 unspecified atom stereocenters. The summed E-state index contributed by atoms with van der Waals surface area (Å²) >= 11 is 0. The summed E-state index contributed by atoms with van der Waals surface area (Å²) in [6.07, 6.45) is 5.06. The van der Waals surface area contributed by atoms with Crippen LogP contribution in [0.5, 0.6) is 0 Å². The molecule has 1 aromatic carbocycles. The number of anilines is 1. The van der Waals surface area contributed by atoms with Crippen LogP contribution in [-0.4, -0.2) is 46.9 Å². The van der Waals surface area contributed by atoms with Gasteiger partial charge in [-0.25, -0.2) is 4.98 Å². The minimum absolute atomic E-state index is 0.0386. The van der Waals surface area contributed by atoms with Crippen molar-refractivity contribution in [3.63, 3.8) is 0 Å². The molecule has 5 nitrogen and oxygen atoms in total. The SMILES string of the molecule is CN1CCc2nc(N)c(C(=O)N3CCCCC3Cc3ccccc3)cc2C1. The number of hydrogen-bond donors (Lipinski definition) is 1. The second-order valence-electron chi connectivity index (χ2n) is 7.85. The fourth-order valence-corrected chi connectivity index (χ4v) is 4.32. The molecule has 1 saturated heterocycles. The highest BCUT2D eigenvalue weighted by atomic mass is 16.2. The number of nitrogens with zero attached hydrogens (tertiary/aromatic N) is 3. The molecule has 0 aliphatic carbocycles. The number of pyridine rings is 1. The van der Waals surface area contributed by atoms with Crippen molar-refractivity contribution in [2.24, 2.45) is 0 Å². The minimum atomic E-state index is 0.0386. The molecule has 1 atom stereocenters. The van der Waals surface area contributed by atoms with Crippen LogP contribution in [0.25, 0.3) is 0 Å². The maximum atomic E-state index is 13.4. The fourth-order valence-electron chi connectivity index (χ4n) is 4.32. The summed E-state index contributed by atoms with van der Waals surface area (Å²) in [5.74, 6) is 0.420. The Kier molecular flexibility index (Phi) is 5.12. The maximum Gasteiger partial charge on any atom is 0.257 e. The lowest BCUT2D eigenvalue weighted by Gasteiger charge is -2.36. The highest BCUT2D eigenvalue weighted by Gasteiger charge is 2.30. The number of likely N-dealkylation sites (N-methyl/N-ethyl adjacent to an activating group) is 1. The average molecular weight is 364 g/mol. The molecule has 1 amide bonds. The zero-order chi connectivity index (χ0) is 18.8. The first-order valence-corrected chi connectivity index (χ1v) is 9.93. The van der Waals surface area contributed by atoms with Crippen molar-refractivity contribution in [3.8, 4) is 0 Å². The van der Waals surface area contributed by atoms with E-state index in [0.29, 0.717) is 11.4 Å². The van der Waals surface area contributed by atoms with Crippen LogP contribution in [-0.2, 0) is 19.4 Å². The molecular formula is C22H28N4O. The normalized spacial score (nSPS) is 20.3. The van der Waals surface area contributed by atoms with E-state index in [1.54, 1.807) is 0 Å². The standard InChI is InChI=1S/C22H28N4O/c1-25-12-10-20-17(15-25)14-19(21(23)24-20)22(27)26-11-6-5-9-18(26)13-16-7-3-2-4-8-16/h2-4,7-8,14,18H,5-6,9-13,15H2,1H3,(H2,23,24). The number of benzene rings is 1. The van der Waals surface area contributed by atoms with Gasteiger partial charge in [0.25, 0.3) is 5.91 Å². The molecule has 5 heteroatoms. The number of rotatable bonds is 3. The summed E-state index contributed by atoms with van der Waals surface area (Å²) in [5, 5.41) is 0. The van der Waals surface area contributed by atoms with E-state index in [-0.39, 0.29) is 11.9 Å². The number of nitrogens with two attached hydrogens (primary N) is 1. The Bertz CT molecular complexity index is 821. The molecule has 3 heterocycles. The zero-order valence-corrected chi connectivity index (χ0v) is 16.0. The first-order chi connectivity index (χ1) is 13.1. The smallest absolute Gasteiger partial charge is 0.257 e. The van der Waals surface area contributed by atoms with E-state index in [2.05, 4.69) is 41.2 Å². The van der Waals surface area contributed by atoms with Crippen LogP contribution in [0.1, 0.15) is 46.4 Å². The van der Waals surface area contributed by atoms with Gasteiger partial charge in [0.05, 0.1) is 5.56 Å². The van der Waals surface area contributed by atoms with Crippen molar-refractivity contribution in [2.75, 3.05) is 25.9 Å². The molecule has 2 aliphatic heterocycles. The quantitative estimate of drug-likeness (QED) is 0.910. The molecule has 4 rings (SSSR count). The molecule has 2 aromatic rings. The third-order valence-corrected chi connectivity index (χ3v) is 5.82. The van der Waals surface area contributed by atoms with E-state index >= 15 is 0 Å². The number of aromatic nitrogens is 1. The van der Waals surface area contributed by atoms with Gasteiger partial charge in [0, 0.05) is 37.8 Å².